The van der Waals surface area contributed by atoms with Crippen molar-refractivity contribution in [2.24, 2.45) is 0 Å². The molecule has 0 aliphatic carbocycles. The molecule has 3 aromatic carbocycles. The van der Waals surface area contributed by atoms with Gasteiger partial charge in [-0.3, -0.25) is 0 Å². The van der Waals surface area contributed by atoms with Gasteiger partial charge in [0.2, 0.25) is 0 Å². The maximum atomic E-state index is 14.2. The third-order valence-corrected chi connectivity index (χ3v) is 5.80. The predicted molar refractivity (Wildman–Crippen MR) is 128 cm³/mol. The van der Waals surface area contributed by atoms with Crippen molar-refractivity contribution >= 4 is 0 Å². The van der Waals surface area contributed by atoms with Crippen molar-refractivity contribution < 1.29 is 13.3 Å². The molecule has 0 radical (unpaired) electrons. The highest BCUT2D eigenvalue weighted by Crippen LogP contribution is 2.28. The van der Waals surface area contributed by atoms with Gasteiger partial charge in [0, 0.05) is 24.0 Å². The van der Waals surface area contributed by atoms with Crippen molar-refractivity contribution in [3.8, 4) is 45.2 Å². The molecule has 0 amide bonds. The Hall–Kier alpha value is -4.65. The fourth-order valence-corrected chi connectivity index (χ4v) is 4.01. The number of benzene rings is 3. The zero-order valence-corrected chi connectivity index (χ0v) is 18.4. The largest absolute Gasteiger partial charge is 0.359 e. The van der Waals surface area contributed by atoms with Gasteiger partial charge in [-0.25, -0.2) is 18.7 Å². The van der Waals surface area contributed by atoms with Crippen LogP contribution in [0, 0.1) is 11.6 Å². The van der Waals surface area contributed by atoms with E-state index in [1.54, 1.807) is 12.3 Å². The first kappa shape index (κ1) is 20.9. The molecule has 0 fully saturated rings. The van der Waals surface area contributed by atoms with E-state index < -0.39 is 11.6 Å². The Bertz CT molecular complexity index is 1590. The third-order valence-electron chi connectivity index (χ3n) is 5.80. The highest BCUT2D eigenvalue weighted by molar-refractivity contribution is 5.69. The molecule has 0 spiro atoms. The molecule has 170 valence electrons. The Morgan fingerprint density at radius 1 is 0.714 bits per heavy atom. The van der Waals surface area contributed by atoms with Crippen LogP contribution in [0.4, 0.5) is 8.78 Å². The molecule has 0 saturated carbocycles. The monoisotopic (exact) mass is 464 g/mol. The van der Waals surface area contributed by atoms with Crippen LogP contribution in [0.3, 0.4) is 0 Å². The molecule has 0 N–H and O–H groups in total. The average Bonchev–Trinajstić information content (AvgIpc) is 3.53. The summed E-state index contributed by atoms with van der Waals surface area (Å²) in [5, 5.41) is 4.22. The second-order valence-corrected chi connectivity index (χ2v) is 8.16. The molecular weight excluding hydrogens is 446 g/mol. The van der Waals surface area contributed by atoms with Gasteiger partial charge in [-0.15, -0.1) is 0 Å². The molecule has 5 nitrogen and oxygen atoms in total. The topological polar surface area (TPSA) is 56.7 Å². The van der Waals surface area contributed by atoms with Crippen molar-refractivity contribution in [2.75, 3.05) is 0 Å². The van der Waals surface area contributed by atoms with Gasteiger partial charge < -0.3 is 9.09 Å². The molecule has 6 rings (SSSR count). The van der Waals surface area contributed by atoms with Crippen LogP contribution in [0.15, 0.2) is 102 Å². The first-order valence-corrected chi connectivity index (χ1v) is 11.0. The van der Waals surface area contributed by atoms with Gasteiger partial charge in [-0.05, 0) is 29.3 Å². The molecule has 0 bridgehead atoms. The molecule has 0 atom stereocenters. The van der Waals surface area contributed by atoms with Gasteiger partial charge in [-0.1, -0.05) is 65.8 Å². The number of nitrogens with zero attached hydrogens (tertiary/aromatic N) is 4. The summed E-state index contributed by atoms with van der Waals surface area (Å²) in [5.74, 6) is -1.06. The van der Waals surface area contributed by atoms with E-state index in [1.165, 1.54) is 12.1 Å². The lowest BCUT2D eigenvalue weighted by Gasteiger charge is -2.04. The number of halogens is 2. The van der Waals surface area contributed by atoms with E-state index in [1.807, 2.05) is 47.2 Å². The summed E-state index contributed by atoms with van der Waals surface area (Å²) in [7, 11) is 0. The number of pyridine rings is 1. The SMILES string of the molecule is Fc1cccc(-c2nc3ccn(Cc4cc(-c5ccc(-c6ccccc6)cc5)no4)cc-3n2)c1F. The van der Waals surface area contributed by atoms with Crippen molar-refractivity contribution in [3.05, 3.63) is 115 Å². The van der Waals surface area contributed by atoms with E-state index >= 15 is 0 Å². The standard InChI is InChI=1S/C28H18F2N4O/c29-23-8-4-7-22(27(23)30)28-31-24-13-14-34(17-26(24)32-28)16-21-15-25(33-35-21)20-11-9-19(10-12-20)18-5-2-1-3-6-18/h1-15,17H,16H2. The van der Waals surface area contributed by atoms with E-state index in [2.05, 4.69) is 39.4 Å². The van der Waals surface area contributed by atoms with E-state index in [0.29, 0.717) is 23.7 Å². The zero-order valence-electron chi connectivity index (χ0n) is 18.4. The summed E-state index contributed by atoms with van der Waals surface area (Å²) in [6.07, 6.45) is 3.62. The van der Waals surface area contributed by atoms with Crippen LogP contribution in [0.5, 0.6) is 0 Å². The smallest absolute Gasteiger partial charge is 0.169 e. The predicted octanol–water partition coefficient (Wildman–Crippen LogP) is 6.70. The summed E-state index contributed by atoms with van der Waals surface area (Å²) in [6, 6.07) is 26.0. The van der Waals surface area contributed by atoms with Gasteiger partial charge >= 0.3 is 0 Å². The van der Waals surface area contributed by atoms with Crippen LogP contribution >= 0.6 is 0 Å². The van der Waals surface area contributed by atoms with Crippen molar-refractivity contribution in [1.82, 2.24) is 19.7 Å². The fourth-order valence-electron chi connectivity index (χ4n) is 4.01. The molecule has 1 aromatic heterocycles. The molecule has 2 aliphatic heterocycles. The van der Waals surface area contributed by atoms with E-state index in [9.17, 15) is 8.78 Å². The van der Waals surface area contributed by atoms with Crippen molar-refractivity contribution in [2.45, 2.75) is 6.54 Å². The second-order valence-electron chi connectivity index (χ2n) is 8.16. The van der Waals surface area contributed by atoms with Gasteiger partial charge in [0.25, 0.3) is 0 Å². The Balaban J connectivity index is 1.22. The molecular formula is C28H18F2N4O. The summed E-state index contributed by atoms with van der Waals surface area (Å²) in [6.45, 7) is 0.432. The highest BCUT2D eigenvalue weighted by atomic mass is 19.2. The number of imidazole rings is 1. The van der Waals surface area contributed by atoms with Gasteiger partial charge in [0.05, 0.1) is 17.8 Å². The summed E-state index contributed by atoms with van der Waals surface area (Å²) < 4.78 is 35.2. The minimum atomic E-state index is -0.957. The fraction of sp³-hybridized carbons (Fsp3) is 0.0357. The van der Waals surface area contributed by atoms with Crippen LogP contribution in [0.1, 0.15) is 5.76 Å². The summed E-state index contributed by atoms with van der Waals surface area (Å²) in [5.41, 5.74) is 5.20. The lowest BCUT2D eigenvalue weighted by atomic mass is 10.0. The molecule has 35 heavy (non-hydrogen) atoms. The Morgan fingerprint density at radius 3 is 2.29 bits per heavy atom. The summed E-state index contributed by atoms with van der Waals surface area (Å²) >= 11 is 0. The number of aromatic nitrogens is 4. The number of hydrogen-bond donors (Lipinski definition) is 0. The van der Waals surface area contributed by atoms with Gasteiger partial charge in [-0.2, -0.15) is 0 Å². The molecule has 7 heteroatoms. The number of rotatable bonds is 5. The zero-order chi connectivity index (χ0) is 23.8. The second kappa shape index (κ2) is 8.61. The molecule has 0 unspecified atom stereocenters. The van der Waals surface area contributed by atoms with Crippen LogP contribution < -0.4 is 0 Å². The lowest BCUT2D eigenvalue weighted by molar-refractivity contribution is 0.378. The maximum Gasteiger partial charge on any atom is 0.169 e. The van der Waals surface area contributed by atoms with E-state index in [-0.39, 0.29) is 11.4 Å². The highest BCUT2D eigenvalue weighted by Gasteiger charge is 2.18. The maximum absolute atomic E-state index is 14.2. The first-order valence-electron chi connectivity index (χ1n) is 11.0. The third kappa shape index (κ3) is 4.08. The average molecular weight is 464 g/mol. The Morgan fingerprint density at radius 2 is 1.46 bits per heavy atom. The quantitative estimate of drug-likeness (QED) is 0.285. The van der Waals surface area contributed by atoms with Crippen LogP contribution in [-0.2, 0) is 6.54 Å². The Kier molecular flexibility index (Phi) is 5.15. The van der Waals surface area contributed by atoms with Crippen molar-refractivity contribution in [1.29, 1.82) is 0 Å². The van der Waals surface area contributed by atoms with Crippen LogP contribution in [-0.4, -0.2) is 19.7 Å². The van der Waals surface area contributed by atoms with E-state index in [0.717, 1.165) is 28.5 Å². The lowest BCUT2D eigenvalue weighted by Crippen LogP contribution is -1.99. The molecule has 2 aliphatic rings. The summed E-state index contributed by atoms with van der Waals surface area (Å²) in [4.78, 5) is 8.73. The van der Waals surface area contributed by atoms with Crippen molar-refractivity contribution in [3.63, 3.8) is 0 Å². The Labute approximate surface area is 199 Å². The first-order chi connectivity index (χ1) is 17.1. The van der Waals surface area contributed by atoms with Gasteiger partial charge in [0.1, 0.15) is 11.4 Å². The molecule has 4 aromatic rings. The molecule has 3 heterocycles. The molecule has 0 saturated heterocycles. The normalized spacial score (nSPS) is 11.3. The minimum Gasteiger partial charge on any atom is -0.359 e. The van der Waals surface area contributed by atoms with E-state index in [4.69, 9.17) is 4.52 Å². The number of hydrogen-bond acceptors (Lipinski definition) is 4. The van der Waals surface area contributed by atoms with Crippen LogP contribution in [0.25, 0.3) is 45.2 Å². The van der Waals surface area contributed by atoms with Gasteiger partial charge in [0.15, 0.2) is 23.2 Å². The number of fused-ring (bicyclic) bond motifs is 1. The minimum absolute atomic E-state index is 0.0332. The van der Waals surface area contributed by atoms with Crippen LogP contribution in [0.2, 0.25) is 0 Å².